The zero-order valence-corrected chi connectivity index (χ0v) is 5.39. The van der Waals surface area contributed by atoms with E-state index in [-0.39, 0.29) is 0 Å². The van der Waals surface area contributed by atoms with Crippen LogP contribution in [0.2, 0.25) is 0 Å². The molecule has 0 aromatic carbocycles. The van der Waals surface area contributed by atoms with Gasteiger partial charge in [-0.1, -0.05) is 0 Å². The lowest BCUT2D eigenvalue weighted by molar-refractivity contribution is 0.451. The van der Waals surface area contributed by atoms with Crippen molar-refractivity contribution in [1.29, 1.82) is 0 Å². The Kier molecular flexibility index (Phi) is 1.77. The molecule has 0 amide bonds. The van der Waals surface area contributed by atoms with Crippen molar-refractivity contribution in [3.8, 4) is 0 Å². The summed E-state index contributed by atoms with van der Waals surface area (Å²) in [7, 11) is -2.46. The molecule has 0 aromatic heterocycles. The van der Waals surface area contributed by atoms with Gasteiger partial charge in [-0.2, -0.15) is 0 Å². The van der Waals surface area contributed by atoms with Gasteiger partial charge in [0.05, 0.1) is 5.75 Å². The largest absolute Gasteiger partial charge is 0.284 e. The van der Waals surface area contributed by atoms with Crippen molar-refractivity contribution in [2.24, 2.45) is 0 Å². The monoisotopic (exact) mass is 136 g/mol. The van der Waals surface area contributed by atoms with Crippen LogP contribution in [0.3, 0.4) is 0 Å². The van der Waals surface area contributed by atoms with E-state index in [1.54, 1.807) is 0 Å². The Bertz CT molecular complexity index is 78.1. The molecule has 4 heteroatoms. The van der Waals surface area contributed by atoms with Gasteiger partial charge in [-0.25, -0.2) is 0 Å². The first-order valence-corrected chi connectivity index (χ1v) is 4.33. The number of rotatable bonds is 0. The van der Waals surface area contributed by atoms with Crippen molar-refractivity contribution in [3.05, 3.63) is 0 Å². The Morgan fingerprint density at radius 1 is 1.25 bits per heavy atom. The van der Waals surface area contributed by atoms with Gasteiger partial charge < -0.3 is 0 Å². The van der Waals surface area contributed by atoms with Gasteiger partial charge in [0, 0.05) is 6.54 Å². The first-order chi connectivity index (χ1) is 3.71. The Hall–Kier alpha value is 0.230. The summed E-state index contributed by atoms with van der Waals surface area (Å²) in [4.78, 5) is 0. The first kappa shape index (κ1) is 6.35. The zero-order valence-electron chi connectivity index (χ0n) is 4.58. The summed E-state index contributed by atoms with van der Waals surface area (Å²) in [5.41, 5.74) is 0. The van der Waals surface area contributed by atoms with Crippen molar-refractivity contribution >= 4 is 10.8 Å². The quantitative estimate of drug-likeness (QED) is 0.523. The van der Waals surface area contributed by atoms with E-state index in [0.29, 0.717) is 12.3 Å². The molecule has 1 rings (SSSR count). The topological polar surface area (TPSA) is 54.6 Å². The maximum Gasteiger partial charge on any atom is 0.0545 e. The lowest BCUT2D eigenvalue weighted by Gasteiger charge is -2.33. The molecule has 1 heterocycles. The molecular formula is C4H10NO2S. The summed E-state index contributed by atoms with van der Waals surface area (Å²) in [6.07, 6.45) is 1.92. The van der Waals surface area contributed by atoms with Crippen LogP contribution in [-0.4, -0.2) is 21.4 Å². The summed E-state index contributed by atoms with van der Waals surface area (Å²) < 4.78 is 21.3. The van der Waals surface area contributed by atoms with Gasteiger partial charge in [0.15, 0.2) is 0 Å². The van der Waals surface area contributed by atoms with Gasteiger partial charge in [-0.05, 0) is 12.8 Å². The van der Waals surface area contributed by atoms with Crippen LogP contribution in [-0.2, 0) is 0 Å². The third-order valence-corrected chi connectivity index (χ3v) is 2.56. The molecule has 1 aliphatic rings. The van der Waals surface area contributed by atoms with Crippen molar-refractivity contribution < 1.29 is 9.11 Å². The van der Waals surface area contributed by atoms with Crippen LogP contribution in [0.25, 0.3) is 0 Å². The van der Waals surface area contributed by atoms with Crippen LogP contribution in [0, 0.1) is 0 Å². The Labute approximate surface area is 50.6 Å². The number of hydrogen-bond acceptors (Lipinski definition) is 2. The fourth-order valence-electron chi connectivity index (χ4n) is 0.683. The summed E-state index contributed by atoms with van der Waals surface area (Å²) >= 11 is 0. The van der Waals surface area contributed by atoms with Gasteiger partial charge in [-0.3, -0.25) is 9.11 Å². The SMILES string of the molecule is OS1(O)CCCC[N]1. The summed E-state index contributed by atoms with van der Waals surface area (Å²) in [5.74, 6) is 0.479. The van der Waals surface area contributed by atoms with E-state index in [4.69, 9.17) is 9.11 Å². The minimum Gasteiger partial charge on any atom is -0.284 e. The van der Waals surface area contributed by atoms with Crippen molar-refractivity contribution in [2.75, 3.05) is 12.3 Å². The molecule has 0 unspecified atom stereocenters. The average Bonchev–Trinajstić information content (AvgIpc) is 1.65. The molecule has 0 aliphatic carbocycles. The average molecular weight is 136 g/mol. The van der Waals surface area contributed by atoms with E-state index in [0.717, 1.165) is 12.8 Å². The Balaban J connectivity index is 2.33. The fourth-order valence-corrected chi connectivity index (χ4v) is 1.82. The molecule has 0 saturated carbocycles. The maximum absolute atomic E-state index is 8.85. The second-order valence-corrected chi connectivity index (χ2v) is 3.83. The predicted octanol–water partition coefficient (Wildman–Crippen LogP) is 1.05. The minimum atomic E-state index is -2.46. The van der Waals surface area contributed by atoms with E-state index in [9.17, 15) is 0 Å². The first-order valence-electron chi connectivity index (χ1n) is 2.65. The minimum absolute atomic E-state index is 0.479. The molecule has 0 spiro atoms. The van der Waals surface area contributed by atoms with E-state index in [1.807, 2.05) is 0 Å². The highest BCUT2D eigenvalue weighted by Gasteiger charge is 2.16. The van der Waals surface area contributed by atoms with Crippen LogP contribution < -0.4 is 4.72 Å². The lowest BCUT2D eigenvalue weighted by Crippen LogP contribution is -2.22. The van der Waals surface area contributed by atoms with Gasteiger partial charge in [0.2, 0.25) is 0 Å². The number of nitrogens with zero attached hydrogens (tertiary/aromatic N) is 1. The van der Waals surface area contributed by atoms with E-state index in [1.165, 1.54) is 0 Å². The lowest BCUT2D eigenvalue weighted by atomic mass is 10.3. The van der Waals surface area contributed by atoms with Crippen LogP contribution in [0.15, 0.2) is 0 Å². The summed E-state index contributed by atoms with van der Waals surface area (Å²) in [5, 5.41) is 0. The summed E-state index contributed by atoms with van der Waals surface area (Å²) in [6.45, 7) is 0.627. The highest BCUT2D eigenvalue weighted by molar-refractivity contribution is 8.22. The normalized spacial score (nSPS) is 31.8. The molecule has 0 aromatic rings. The van der Waals surface area contributed by atoms with Crippen molar-refractivity contribution in [3.63, 3.8) is 0 Å². The predicted molar refractivity (Wildman–Crippen MR) is 34.0 cm³/mol. The van der Waals surface area contributed by atoms with Gasteiger partial charge >= 0.3 is 0 Å². The van der Waals surface area contributed by atoms with Gasteiger partial charge in [0.1, 0.15) is 0 Å². The van der Waals surface area contributed by atoms with Crippen LogP contribution in [0.1, 0.15) is 12.8 Å². The molecule has 1 aliphatic heterocycles. The molecule has 0 atom stereocenters. The fraction of sp³-hybridized carbons (Fsp3) is 1.00. The van der Waals surface area contributed by atoms with E-state index in [2.05, 4.69) is 4.72 Å². The second-order valence-electron chi connectivity index (χ2n) is 1.90. The third kappa shape index (κ3) is 1.63. The van der Waals surface area contributed by atoms with Crippen molar-refractivity contribution in [2.45, 2.75) is 12.8 Å². The summed E-state index contributed by atoms with van der Waals surface area (Å²) in [6, 6.07) is 0. The molecular weight excluding hydrogens is 126 g/mol. The number of hydrogen-bond donors (Lipinski definition) is 2. The standard InChI is InChI=1S/C4H10NO2S/c6-8(7)4-2-1-3-5-8/h6-7H,1-4H2. The van der Waals surface area contributed by atoms with Gasteiger partial charge in [0.25, 0.3) is 0 Å². The molecule has 1 radical (unpaired) electrons. The second kappa shape index (κ2) is 2.23. The molecule has 1 fully saturated rings. The molecule has 0 bridgehead atoms. The van der Waals surface area contributed by atoms with E-state index < -0.39 is 10.8 Å². The molecule has 3 nitrogen and oxygen atoms in total. The highest BCUT2D eigenvalue weighted by Crippen LogP contribution is 2.38. The van der Waals surface area contributed by atoms with E-state index >= 15 is 0 Å². The Morgan fingerprint density at radius 2 is 2.00 bits per heavy atom. The van der Waals surface area contributed by atoms with Crippen LogP contribution in [0.5, 0.6) is 0 Å². The van der Waals surface area contributed by atoms with Gasteiger partial charge in [-0.15, -0.1) is 15.5 Å². The molecule has 1 saturated heterocycles. The molecule has 49 valence electrons. The molecule has 8 heavy (non-hydrogen) atoms. The van der Waals surface area contributed by atoms with Crippen molar-refractivity contribution in [1.82, 2.24) is 4.72 Å². The maximum atomic E-state index is 8.85. The van der Waals surface area contributed by atoms with Crippen LogP contribution in [0.4, 0.5) is 0 Å². The zero-order chi connectivity index (χ0) is 6.04. The smallest absolute Gasteiger partial charge is 0.0545 e. The molecule has 2 N–H and O–H groups in total. The third-order valence-electron chi connectivity index (χ3n) is 1.12. The van der Waals surface area contributed by atoms with Crippen LogP contribution >= 0.6 is 10.8 Å². The Morgan fingerprint density at radius 3 is 2.25 bits per heavy atom. The highest BCUT2D eigenvalue weighted by atomic mass is 32.3.